The van der Waals surface area contributed by atoms with E-state index in [-0.39, 0.29) is 19.1 Å². The van der Waals surface area contributed by atoms with Gasteiger partial charge in [-0.3, -0.25) is 4.79 Å². The third kappa shape index (κ3) is 4.17. The molecular formula is C11H11N5O2S. The number of aromatic nitrogens is 4. The molecule has 0 spiro atoms. The molecule has 0 saturated heterocycles. The van der Waals surface area contributed by atoms with Crippen LogP contribution in [-0.4, -0.2) is 37.4 Å². The lowest BCUT2D eigenvalue weighted by atomic mass is 10.4. The van der Waals surface area contributed by atoms with Gasteiger partial charge in [0.1, 0.15) is 19.2 Å². The topological polar surface area (TPSA) is 92.9 Å². The van der Waals surface area contributed by atoms with Gasteiger partial charge in [0.05, 0.1) is 17.7 Å². The van der Waals surface area contributed by atoms with Crippen LogP contribution in [0.25, 0.3) is 0 Å². The van der Waals surface area contributed by atoms with Crippen molar-refractivity contribution in [1.29, 1.82) is 0 Å². The summed E-state index contributed by atoms with van der Waals surface area (Å²) in [5.74, 6) is 5.41. The molecule has 8 heteroatoms. The number of aliphatic hydroxyl groups is 1. The highest BCUT2D eigenvalue weighted by Gasteiger charge is 2.06. The molecule has 0 fully saturated rings. The molecule has 2 aromatic heterocycles. The van der Waals surface area contributed by atoms with E-state index in [1.54, 1.807) is 6.20 Å². The first-order valence-corrected chi connectivity index (χ1v) is 6.27. The van der Waals surface area contributed by atoms with Gasteiger partial charge < -0.3 is 10.4 Å². The summed E-state index contributed by atoms with van der Waals surface area (Å²) in [4.78, 5) is 20.2. The minimum Gasteiger partial charge on any atom is -0.395 e. The molecule has 2 heterocycles. The van der Waals surface area contributed by atoms with Crippen LogP contribution in [0.1, 0.15) is 11.3 Å². The normalized spacial score (nSPS) is 9.74. The van der Waals surface area contributed by atoms with E-state index in [2.05, 4.69) is 32.2 Å². The average molecular weight is 277 g/mol. The zero-order valence-electron chi connectivity index (χ0n) is 9.91. The van der Waals surface area contributed by atoms with E-state index in [9.17, 15) is 4.79 Å². The first-order chi connectivity index (χ1) is 9.28. The number of nitrogens with zero attached hydrogens (tertiary/aromatic N) is 4. The quantitative estimate of drug-likeness (QED) is 0.774. The fourth-order valence-corrected chi connectivity index (χ4v) is 1.92. The minimum absolute atomic E-state index is 0.0350. The van der Waals surface area contributed by atoms with E-state index in [0.717, 1.165) is 4.88 Å². The van der Waals surface area contributed by atoms with Crippen LogP contribution in [0.15, 0.2) is 18.9 Å². The number of amides is 1. The van der Waals surface area contributed by atoms with E-state index in [4.69, 9.17) is 5.11 Å². The zero-order valence-corrected chi connectivity index (χ0v) is 10.7. The summed E-state index contributed by atoms with van der Waals surface area (Å²) in [7, 11) is 0. The van der Waals surface area contributed by atoms with Gasteiger partial charge >= 0.3 is 0 Å². The van der Waals surface area contributed by atoms with Gasteiger partial charge in [0.2, 0.25) is 5.91 Å². The van der Waals surface area contributed by atoms with Gasteiger partial charge in [0.25, 0.3) is 0 Å². The second kappa shape index (κ2) is 6.63. The molecular weight excluding hydrogens is 266 g/mol. The molecule has 0 aliphatic rings. The molecule has 0 radical (unpaired) electrons. The number of anilines is 1. The summed E-state index contributed by atoms with van der Waals surface area (Å²) < 4.78 is 1.42. The predicted molar refractivity (Wildman–Crippen MR) is 69.3 cm³/mol. The monoisotopic (exact) mass is 277 g/mol. The Morgan fingerprint density at radius 1 is 1.58 bits per heavy atom. The fraction of sp³-hybridized carbons (Fsp3) is 0.273. The fourth-order valence-electron chi connectivity index (χ4n) is 1.22. The highest BCUT2D eigenvalue weighted by atomic mass is 32.1. The molecule has 2 aromatic rings. The predicted octanol–water partition coefficient (Wildman–Crippen LogP) is 0.107. The number of carbonyl (C=O) groups is 1. The molecule has 0 aliphatic heterocycles. The summed E-state index contributed by atoms with van der Waals surface area (Å²) >= 11 is 1.28. The highest BCUT2D eigenvalue weighted by molar-refractivity contribution is 7.16. The largest absolute Gasteiger partial charge is 0.395 e. The maximum Gasteiger partial charge on any atom is 0.247 e. The van der Waals surface area contributed by atoms with Crippen molar-refractivity contribution in [3.8, 4) is 11.8 Å². The van der Waals surface area contributed by atoms with Crippen LogP contribution in [-0.2, 0) is 11.3 Å². The third-order valence-electron chi connectivity index (χ3n) is 1.97. The maximum atomic E-state index is 11.6. The third-order valence-corrected chi connectivity index (χ3v) is 2.80. The molecule has 2 N–H and O–H groups in total. The average Bonchev–Trinajstić information content (AvgIpc) is 3.02. The summed E-state index contributed by atoms with van der Waals surface area (Å²) in [5.41, 5.74) is 0. The van der Waals surface area contributed by atoms with Crippen molar-refractivity contribution in [2.75, 3.05) is 11.9 Å². The summed E-state index contributed by atoms with van der Waals surface area (Å²) in [6, 6.07) is 0. The first kappa shape index (κ1) is 13.2. The molecule has 0 atom stereocenters. The van der Waals surface area contributed by atoms with Gasteiger partial charge in [0, 0.05) is 6.42 Å². The molecule has 0 saturated carbocycles. The van der Waals surface area contributed by atoms with Crippen LogP contribution in [0.5, 0.6) is 0 Å². The summed E-state index contributed by atoms with van der Waals surface area (Å²) in [5, 5.41) is 15.6. The Morgan fingerprint density at radius 3 is 3.21 bits per heavy atom. The molecule has 19 heavy (non-hydrogen) atoms. The molecule has 0 unspecified atom stereocenters. The van der Waals surface area contributed by atoms with Crippen molar-refractivity contribution in [3.05, 3.63) is 23.7 Å². The molecule has 7 nitrogen and oxygen atoms in total. The molecule has 0 bridgehead atoms. The Labute approximate surface area is 113 Å². The van der Waals surface area contributed by atoms with Crippen molar-refractivity contribution in [2.24, 2.45) is 0 Å². The Morgan fingerprint density at radius 2 is 2.47 bits per heavy atom. The second-order valence-electron chi connectivity index (χ2n) is 3.45. The van der Waals surface area contributed by atoms with Gasteiger partial charge in [-0.1, -0.05) is 23.2 Å². The zero-order chi connectivity index (χ0) is 13.5. The van der Waals surface area contributed by atoms with Gasteiger partial charge in [-0.2, -0.15) is 5.10 Å². The van der Waals surface area contributed by atoms with E-state index in [1.165, 1.54) is 28.7 Å². The number of nitrogens with one attached hydrogen (secondary N) is 1. The van der Waals surface area contributed by atoms with Gasteiger partial charge in [-0.05, 0) is 0 Å². The molecule has 0 aliphatic carbocycles. The number of hydrogen-bond donors (Lipinski definition) is 2. The maximum absolute atomic E-state index is 11.6. The van der Waals surface area contributed by atoms with Crippen molar-refractivity contribution < 1.29 is 9.90 Å². The van der Waals surface area contributed by atoms with Crippen LogP contribution in [0.4, 0.5) is 5.13 Å². The van der Waals surface area contributed by atoms with E-state index >= 15 is 0 Å². The Balaban J connectivity index is 1.89. The smallest absolute Gasteiger partial charge is 0.247 e. The van der Waals surface area contributed by atoms with Crippen molar-refractivity contribution in [2.45, 2.75) is 13.0 Å². The van der Waals surface area contributed by atoms with Crippen LogP contribution >= 0.6 is 11.3 Å². The van der Waals surface area contributed by atoms with Gasteiger partial charge in [-0.25, -0.2) is 14.6 Å². The number of aliphatic hydroxyl groups excluding tert-OH is 1. The van der Waals surface area contributed by atoms with Gasteiger partial charge in [0.15, 0.2) is 5.13 Å². The van der Waals surface area contributed by atoms with E-state index in [0.29, 0.717) is 11.6 Å². The summed E-state index contributed by atoms with van der Waals surface area (Å²) in [6.45, 7) is 0.123. The summed E-state index contributed by atoms with van der Waals surface area (Å²) in [6.07, 6.45) is 4.84. The van der Waals surface area contributed by atoms with Crippen LogP contribution in [0, 0.1) is 11.8 Å². The first-order valence-electron chi connectivity index (χ1n) is 5.46. The number of carbonyl (C=O) groups excluding carboxylic acids is 1. The number of hydrogen-bond acceptors (Lipinski definition) is 6. The second-order valence-corrected chi connectivity index (χ2v) is 4.48. The van der Waals surface area contributed by atoms with Crippen molar-refractivity contribution in [1.82, 2.24) is 19.7 Å². The van der Waals surface area contributed by atoms with E-state index < -0.39 is 0 Å². The molecule has 1 amide bonds. The molecule has 98 valence electrons. The minimum atomic E-state index is -0.227. The Hall–Kier alpha value is -2.24. The Kier molecular flexibility index (Phi) is 4.60. The number of thiazole rings is 1. The molecule has 2 rings (SSSR count). The molecule has 0 aromatic carbocycles. The lowest BCUT2D eigenvalue weighted by Crippen LogP contribution is -2.18. The van der Waals surface area contributed by atoms with E-state index in [1.807, 2.05) is 0 Å². The Bertz CT molecular complexity index is 596. The van der Waals surface area contributed by atoms with Crippen LogP contribution < -0.4 is 5.32 Å². The van der Waals surface area contributed by atoms with Gasteiger partial charge in [-0.15, -0.1) is 0 Å². The SMILES string of the molecule is O=C(Cn1cncn1)Nc1ncc(C#CCCO)s1. The van der Waals surface area contributed by atoms with Crippen LogP contribution in [0.2, 0.25) is 0 Å². The van der Waals surface area contributed by atoms with Crippen molar-refractivity contribution >= 4 is 22.4 Å². The lowest BCUT2D eigenvalue weighted by Gasteiger charge is -2.00. The standard InChI is InChI=1S/C11H11N5O2S/c17-4-2-1-3-9-5-13-11(19-9)15-10(18)6-16-8-12-7-14-16/h5,7-8,17H,2,4,6H2,(H,13,15,18). The lowest BCUT2D eigenvalue weighted by molar-refractivity contribution is -0.116. The van der Waals surface area contributed by atoms with Crippen LogP contribution in [0.3, 0.4) is 0 Å². The number of rotatable bonds is 4. The highest BCUT2D eigenvalue weighted by Crippen LogP contribution is 2.16. The van der Waals surface area contributed by atoms with Crippen molar-refractivity contribution in [3.63, 3.8) is 0 Å².